The van der Waals surface area contributed by atoms with Crippen LogP contribution >= 0.6 is 0 Å². The molecule has 4 N–H and O–H groups in total. The molecule has 122 valence electrons. The van der Waals surface area contributed by atoms with Crippen LogP contribution in [0.3, 0.4) is 0 Å². The van der Waals surface area contributed by atoms with Crippen LogP contribution in [0.5, 0.6) is 0 Å². The highest BCUT2D eigenvalue weighted by Crippen LogP contribution is 2.64. The monoisotopic (exact) mass is 306 g/mol. The highest BCUT2D eigenvalue weighted by atomic mass is 16.3. The Morgan fingerprint density at radius 2 is 1.82 bits per heavy atom. The molecule has 4 bridgehead atoms. The summed E-state index contributed by atoms with van der Waals surface area (Å²) < 4.78 is 0. The minimum atomic E-state index is -0.806. The Balaban J connectivity index is 1.45. The van der Waals surface area contributed by atoms with Crippen molar-refractivity contribution >= 4 is 5.91 Å². The molecule has 0 aromatic heterocycles. The summed E-state index contributed by atoms with van der Waals surface area (Å²) >= 11 is 0. The van der Waals surface area contributed by atoms with Crippen molar-refractivity contribution in [2.45, 2.75) is 74.7 Å². The number of likely N-dealkylation sites (tertiary alicyclic amines) is 1. The second kappa shape index (κ2) is 3.87. The van der Waals surface area contributed by atoms with Crippen molar-refractivity contribution < 1.29 is 15.0 Å². The minimum Gasteiger partial charge on any atom is -0.390 e. The van der Waals surface area contributed by atoms with E-state index in [9.17, 15) is 15.0 Å². The molecule has 1 amide bonds. The van der Waals surface area contributed by atoms with Gasteiger partial charge in [-0.15, -0.1) is 0 Å². The third-order valence-corrected chi connectivity index (χ3v) is 7.29. The fraction of sp³-hybridized carbons (Fsp3) is 0.941. The lowest BCUT2D eigenvalue weighted by Gasteiger charge is -2.64. The molecule has 0 aromatic carbocycles. The number of hydrogen-bond donors (Lipinski definition) is 3. The smallest absolute Gasteiger partial charge is 0.240 e. The molecule has 1 saturated heterocycles. The zero-order chi connectivity index (χ0) is 15.3. The maximum atomic E-state index is 12.9. The average molecular weight is 306 g/mol. The third-order valence-electron chi connectivity index (χ3n) is 7.29. The summed E-state index contributed by atoms with van der Waals surface area (Å²) in [6.07, 6.45) is 6.34. The number of carbonyl (C=O) groups excluding carboxylic acids is 1. The highest BCUT2D eigenvalue weighted by Gasteiger charge is 2.65. The molecule has 5 heteroatoms. The van der Waals surface area contributed by atoms with Crippen LogP contribution in [-0.4, -0.2) is 50.9 Å². The molecule has 5 nitrogen and oxygen atoms in total. The fourth-order valence-electron chi connectivity index (χ4n) is 6.87. The van der Waals surface area contributed by atoms with Gasteiger partial charge in [0.15, 0.2) is 0 Å². The van der Waals surface area contributed by atoms with Gasteiger partial charge in [0.1, 0.15) is 0 Å². The zero-order valence-electron chi connectivity index (χ0n) is 13.0. The molecule has 6 fully saturated rings. The first-order valence-corrected chi connectivity index (χ1v) is 8.82. The molecule has 1 aliphatic heterocycles. The van der Waals surface area contributed by atoms with E-state index in [4.69, 9.17) is 5.73 Å². The standard InChI is InChI=1S/C17H26N2O3/c18-13(14(20)19-2-1-11-3-12(11)19)15-4-10-5-16(21,7-15)9-17(22,6-10)8-15/h10-13,21-22H,1-9,18H2/t10?,11-,12?,13-,15?,16?,17?/m1/s1. The lowest BCUT2D eigenvalue weighted by atomic mass is 9.44. The molecule has 5 atom stereocenters. The van der Waals surface area contributed by atoms with Crippen LogP contribution < -0.4 is 5.73 Å². The Kier molecular flexibility index (Phi) is 2.42. The summed E-state index contributed by atoms with van der Waals surface area (Å²) in [4.78, 5) is 14.9. The van der Waals surface area contributed by atoms with Crippen molar-refractivity contribution in [1.82, 2.24) is 4.90 Å². The summed E-state index contributed by atoms with van der Waals surface area (Å²) in [6.45, 7) is 0.843. The number of amides is 1. The van der Waals surface area contributed by atoms with E-state index in [1.54, 1.807) is 0 Å². The zero-order valence-corrected chi connectivity index (χ0v) is 13.0. The molecule has 0 spiro atoms. The van der Waals surface area contributed by atoms with E-state index in [2.05, 4.69) is 0 Å². The van der Waals surface area contributed by atoms with Crippen LogP contribution in [0, 0.1) is 17.3 Å². The number of rotatable bonds is 2. The van der Waals surface area contributed by atoms with Crippen molar-refractivity contribution in [2.75, 3.05) is 6.54 Å². The largest absolute Gasteiger partial charge is 0.390 e. The molecule has 0 radical (unpaired) electrons. The van der Waals surface area contributed by atoms with Crippen LogP contribution in [0.2, 0.25) is 0 Å². The Bertz CT molecular complexity index is 532. The maximum absolute atomic E-state index is 12.9. The van der Waals surface area contributed by atoms with Crippen LogP contribution in [-0.2, 0) is 4.79 Å². The van der Waals surface area contributed by atoms with Crippen LogP contribution in [0.4, 0.5) is 0 Å². The molecular formula is C17H26N2O3. The lowest BCUT2D eigenvalue weighted by Crippen LogP contribution is -2.69. The van der Waals surface area contributed by atoms with Gasteiger partial charge in [-0.05, 0) is 56.8 Å². The van der Waals surface area contributed by atoms with Gasteiger partial charge in [-0.2, -0.15) is 0 Å². The van der Waals surface area contributed by atoms with E-state index < -0.39 is 22.7 Å². The topological polar surface area (TPSA) is 86.8 Å². The molecular weight excluding hydrogens is 280 g/mol. The van der Waals surface area contributed by atoms with Gasteiger partial charge in [0.05, 0.1) is 17.2 Å². The van der Waals surface area contributed by atoms with Crippen molar-refractivity contribution in [3.8, 4) is 0 Å². The van der Waals surface area contributed by atoms with Gasteiger partial charge >= 0.3 is 0 Å². The minimum absolute atomic E-state index is 0.0687. The van der Waals surface area contributed by atoms with E-state index in [1.807, 2.05) is 4.90 Å². The predicted octanol–water partition coefficient (Wildman–Crippen LogP) is 0.381. The molecule has 6 rings (SSSR count). The third kappa shape index (κ3) is 1.73. The Labute approximate surface area is 130 Å². The van der Waals surface area contributed by atoms with Gasteiger partial charge < -0.3 is 20.8 Å². The van der Waals surface area contributed by atoms with Gasteiger partial charge in [-0.3, -0.25) is 4.79 Å². The number of hydrogen-bond acceptors (Lipinski definition) is 4. The van der Waals surface area contributed by atoms with Gasteiger partial charge in [-0.1, -0.05) is 0 Å². The van der Waals surface area contributed by atoms with Gasteiger partial charge in [0, 0.05) is 24.4 Å². The molecule has 3 unspecified atom stereocenters. The average Bonchev–Trinajstić information content (AvgIpc) is 3.04. The van der Waals surface area contributed by atoms with E-state index in [1.165, 1.54) is 0 Å². The highest BCUT2D eigenvalue weighted by molar-refractivity contribution is 5.84. The molecule has 1 heterocycles. The van der Waals surface area contributed by atoms with Gasteiger partial charge in [0.2, 0.25) is 5.91 Å². The SMILES string of the molecule is N[C@H](C(=O)N1CC[C@@H]2CC21)C12CC3CC(O)(CC(O)(C3)C1)C2. The molecule has 5 saturated carbocycles. The first kappa shape index (κ1) is 13.8. The van der Waals surface area contributed by atoms with E-state index >= 15 is 0 Å². The van der Waals surface area contributed by atoms with Crippen LogP contribution in [0.25, 0.3) is 0 Å². The van der Waals surface area contributed by atoms with Crippen molar-refractivity contribution in [2.24, 2.45) is 23.0 Å². The second-order valence-corrected chi connectivity index (χ2v) is 9.18. The maximum Gasteiger partial charge on any atom is 0.240 e. The number of fused-ring (bicyclic) bond motifs is 1. The molecule has 6 aliphatic rings. The Morgan fingerprint density at radius 3 is 2.32 bits per heavy atom. The predicted molar refractivity (Wildman–Crippen MR) is 79.7 cm³/mol. The van der Waals surface area contributed by atoms with Crippen molar-refractivity contribution in [1.29, 1.82) is 0 Å². The number of nitrogens with zero attached hydrogens (tertiary/aromatic N) is 1. The van der Waals surface area contributed by atoms with Crippen LogP contribution in [0.15, 0.2) is 0 Å². The summed E-state index contributed by atoms with van der Waals surface area (Å²) in [5.74, 6) is 1.09. The first-order valence-electron chi connectivity index (χ1n) is 8.82. The van der Waals surface area contributed by atoms with Gasteiger partial charge in [0.25, 0.3) is 0 Å². The molecule has 5 aliphatic carbocycles. The van der Waals surface area contributed by atoms with Crippen molar-refractivity contribution in [3.63, 3.8) is 0 Å². The quantitative estimate of drug-likeness (QED) is 0.688. The molecule has 0 aromatic rings. The van der Waals surface area contributed by atoms with E-state index in [0.29, 0.717) is 37.1 Å². The summed E-state index contributed by atoms with van der Waals surface area (Å²) in [5.41, 5.74) is 4.47. The van der Waals surface area contributed by atoms with Crippen LogP contribution in [0.1, 0.15) is 51.4 Å². The first-order chi connectivity index (χ1) is 10.3. The van der Waals surface area contributed by atoms with E-state index in [-0.39, 0.29) is 5.91 Å². The summed E-state index contributed by atoms with van der Waals surface area (Å²) in [7, 11) is 0. The van der Waals surface area contributed by atoms with Gasteiger partial charge in [-0.25, -0.2) is 0 Å². The number of nitrogens with two attached hydrogens (primary N) is 1. The fourth-order valence-corrected chi connectivity index (χ4v) is 6.87. The number of piperidine rings is 1. The lowest BCUT2D eigenvalue weighted by molar-refractivity contribution is -0.234. The van der Waals surface area contributed by atoms with E-state index in [0.717, 1.165) is 38.6 Å². The number of carbonyl (C=O) groups is 1. The normalized spacial score (nSPS) is 56.1. The number of aliphatic hydroxyl groups is 2. The Morgan fingerprint density at radius 1 is 1.14 bits per heavy atom. The summed E-state index contributed by atoms with van der Waals surface area (Å²) in [5, 5.41) is 21.7. The second-order valence-electron chi connectivity index (χ2n) is 9.18. The molecule has 22 heavy (non-hydrogen) atoms. The Hall–Kier alpha value is -0.650. The summed E-state index contributed by atoms with van der Waals surface area (Å²) in [6, 6.07) is -0.132. The van der Waals surface area contributed by atoms with Crippen molar-refractivity contribution in [3.05, 3.63) is 0 Å².